The molecule has 1 heterocycles. The molecule has 0 amide bonds. The standard InChI is InChI=1S/C11H13NO4S/c1-16-8-4-2-3-6(9(8)13)10-12-7(5-17-10)11(14)15/h2-4,7,10,12-13H,5H2,1H3,(H,14,15)/t7-,10-/m1/s1. The van der Waals surface area contributed by atoms with Crippen LogP contribution in [0.5, 0.6) is 11.5 Å². The third-order valence-corrected chi connectivity index (χ3v) is 3.86. The number of nitrogens with one attached hydrogen (secondary N) is 1. The number of benzene rings is 1. The number of phenolic OH excluding ortho intramolecular Hbond substituents is 1. The molecule has 0 radical (unpaired) electrons. The number of phenols is 1. The van der Waals surface area contributed by atoms with Gasteiger partial charge in [-0.2, -0.15) is 0 Å². The summed E-state index contributed by atoms with van der Waals surface area (Å²) in [7, 11) is 1.48. The van der Waals surface area contributed by atoms with Gasteiger partial charge in [0.25, 0.3) is 0 Å². The number of rotatable bonds is 3. The number of hydrogen-bond acceptors (Lipinski definition) is 5. The summed E-state index contributed by atoms with van der Waals surface area (Å²) in [6.07, 6.45) is 0. The molecule has 1 saturated heterocycles. The van der Waals surface area contributed by atoms with Crippen LogP contribution < -0.4 is 10.1 Å². The third kappa shape index (κ3) is 2.32. The van der Waals surface area contributed by atoms with Crippen molar-refractivity contribution < 1.29 is 19.7 Å². The molecule has 5 nitrogen and oxygen atoms in total. The summed E-state index contributed by atoms with van der Waals surface area (Å²) in [5, 5.41) is 21.6. The normalized spacial score (nSPS) is 23.6. The number of carboxylic acid groups (broad SMARTS) is 1. The highest BCUT2D eigenvalue weighted by Gasteiger charge is 2.32. The van der Waals surface area contributed by atoms with Crippen molar-refractivity contribution in [2.24, 2.45) is 0 Å². The van der Waals surface area contributed by atoms with Crippen LogP contribution in [0.4, 0.5) is 0 Å². The Morgan fingerprint density at radius 1 is 1.59 bits per heavy atom. The van der Waals surface area contributed by atoms with E-state index in [2.05, 4.69) is 5.32 Å². The van der Waals surface area contributed by atoms with E-state index in [0.717, 1.165) is 0 Å². The van der Waals surface area contributed by atoms with Crippen molar-refractivity contribution in [1.82, 2.24) is 5.32 Å². The molecule has 1 aromatic rings. The molecular formula is C11H13NO4S. The fourth-order valence-electron chi connectivity index (χ4n) is 1.71. The van der Waals surface area contributed by atoms with Gasteiger partial charge in [0.1, 0.15) is 6.04 Å². The van der Waals surface area contributed by atoms with E-state index in [1.165, 1.54) is 18.9 Å². The van der Waals surface area contributed by atoms with Crippen LogP contribution >= 0.6 is 11.8 Å². The van der Waals surface area contributed by atoms with Crippen molar-refractivity contribution in [3.63, 3.8) is 0 Å². The molecule has 1 aliphatic rings. The maximum Gasteiger partial charge on any atom is 0.321 e. The molecule has 2 atom stereocenters. The predicted molar refractivity (Wildman–Crippen MR) is 64.4 cm³/mol. The zero-order chi connectivity index (χ0) is 12.4. The van der Waals surface area contributed by atoms with Crippen LogP contribution in [0, 0.1) is 0 Å². The van der Waals surface area contributed by atoms with Gasteiger partial charge in [0.15, 0.2) is 11.5 Å². The van der Waals surface area contributed by atoms with E-state index in [4.69, 9.17) is 9.84 Å². The van der Waals surface area contributed by atoms with Crippen LogP contribution in [0.1, 0.15) is 10.9 Å². The number of aliphatic carboxylic acids is 1. The van der Waals surface area contributed by atoms with E-state index in [-0.39, 0.29) is 11.1 Å². The lowest BCUT2D eigenvalue weighted by atomic mass is 10.1. The SMILES string of the molecule is COc1cccc([C@@H]2N[C@@H](C(=O)O)CS2)c1O. The van der Waals surface area contributed by atoms with Crippen molar-refractivity contribution in [3.8, 4) is 11.5 Å². The minimum absolute atomic E-state index is 0.0611. The van der Waals surface area contributed by atoms with Gasteiger partial charge in [0.05, 0.1) is 12.5 Å². The van der Waals surface area contributed by atoms with Crippen LogP contribution in [0.2, 0.25) is 0 Å². The lowest BCUT2D eigenvalue weighted by Gasteiger charge is -2.14. The van der Waals surface area contributed by atoms with Gasteiger partial charge in [-0.3, -0.25) is 10.1 Å². The van der Waals surface area contributed by atoms with Crippen LogP contribution in [0.25, 0.3) is 0 Å². The summed E-state index contributed by atoms with van der Waals surface area (Å²) >= 11 is 1.46. The van der Waals surface area contributed by atoms with Gasteiger partial charge in [-0.15, -0.1) is 11.8 Å². The molecule has 3 N–H and O–H groups in total. The zero-order valence-electron chi connectivity index (χ0n) is 9.21. The molecule has 0 aromatic heterocycles. The number of methoxy groups -OCH3 is 1. The lowest BCUT2D eigenvalue weighted by molar-refractivity contribution is -0.138. The Morgan fingerprint density at radius 2 is 2.35 bits per heavy atom. The summed E-state index contributed by atoms with van der Waals surface area (Å²) in [5.74, 6) is 0.0634. The van der Waals surface area contributed by atoms with Gasteiger partial charge in [-0.25, -0.2) is 0 Å². The molecule has 0 saturated carbocycles. The van der Waals surface area contributed by atoms with Gasteiger partial charge in [0, 0.05) is 11.3 Å². The smallest absolute Gasteiger partial charge is 0.321 e. The van der Waals surface area contributed by atoms with Crippen molar-refractivity contribution in [2.75, 3.05) is 12.9 Å². The number of para-hydroxylation sites is 1. The second-order valence-electron chi connectivity index (χ2n) is 3.67. The van der Waals surface area contributed by atoms with Gasteiger partial charge in [0.2, 0.25) is 0 Å². The molecule has 1 aliphatic heterocycles. The highest BCUT2D eigenvalue weighted by atomic mass is 32.2. The van der Waals surface area contributed by atoms with E-state index in [1.807, 2.05) is 0 Å². The first kappa shape index (κ1) is 12.1. The van der Waals surface area contributed by atoms with Crippen LogP contribution in [0.3, 0.4) is 0 Å². The number of aromatic hydroxyl groups is 1. The van der Waals surface area contributed by atoms with E-state index < -0.39 is 12.0 Å². The summed E-state index contributed by atoms with van der Waals surface area (Å²) in [5.41, 5.74) is 0.651. The van der Waals surface area contributed by atoms with Crippen LogP contribution in [0.15, 0.2) is 18.2 Å². The first-order chi connectivity index (χ1) is 8.13. The minimum Gasteiger partial charge on any atom is -0.504 e. The van der Waals surface area contributed by atoms with E-state index in [9.17, 15) is 9.90 Å². The van der Waals surface area contributed by atoms with E-state index in [0.29, 0.717) is 17.1 Å². The highest BCUT2D eigenvalue weighted by molar-refractivity contribution is 7.99. The molecule has 17 heavy (non-hydrogen) atoms. The Kier molecular flexibility index (Phi) is 3.44. The number of thioether (sulfide) groups is 1. The minimum atomic E-state index is -0.873. The molecule has 1 aromatic carbocycles. The first-order valence-corrected chi connectivity index (χ1v) is 6.14. The molecule has 0 spiro atoms. The Morgan fingerprint density at radius 3 is 2.94 bits per heavy atom. The molecule has 1 fully saturated rings. The highest BCUT2D eigenvalue weighted by Crippen LogP contribution is 2.41. The molecule has 2 rings (SSSR count). The van der Waals surface area contributed by atoms with Crippen molar-refractivity contribution in [2.45, 2.75) is 11.4 Å². The average Bonchev–Trinajstić information content (AvgIpc) is 2.78. The average molecular weight is 255 g/mol. The van der Waals surface area contributed by atoms with Crippen LogP contribution in [-0.2, 0) is 4.79 Å². The Hall–Kier alpha value is -1.40. The second kappa shape index (κ2) is 4.85. The summed E-state index contributed by atoms with van der Waals surface area (Å²) in [4.78, 5) is 10.8. The Bertz CT molecular complexity index is 437. The summed E-state index contributed by atoms with van der Waals surface area (Å²) in [6.45, 7) is 0. The maximum absolute atomic E-state index is 10.8. The molecule has 0 bridgehead atoms. The van der Waals surface area contributed by atoms with Gasteiger partial charge in [-0.05, 0) is 6.07 Å². The first-order valence-electron chi connectivity index (χ1n) is 5.10. The van der Waals surface area contributed by atoms with Crippen molar-refractivity contribution in [1.29, 1.82) is 0 Å². The quantitative estimate of drug-likeness (QED) is 0.753. The molecule has 92 valence electrons. The van der Waals surface area contributed by atoms with Crippen molar-refractivity contribution >= 4 is 17.7 Å². The summed E-state index contributed by atoms with van der Waals surface area (Å²) in [6, 6.07) is 4.61. The molecular weight excluding hydrogens is 242 g/mol. The summed E-state index contributed by atoms with van der Waals surface area (Å²) < 4.78 is 5.02. The van der Waals surface area contributed by atoms with Gasteiger partial charge in [-0.1, -0.05) is 12.1 Å². The Labute approximate surface area is 103 Å². The van der Waals surface area contributed by atoms with E-state index in [1.54, 1.807) is 18.2 Å². The molecule has 6 heteroatoms. The van der Waals surface area contributed by atoms with Crippen LogP contribution in [-0.4, -0.2) is 35.1 Å². The second-order valence-corrected chi connectivity index (χ2v) is 4.81. The number of carbonyl (C=O) groups is 1. The van der Waals surface area contributed by atoms with Gasteiger partial charge >= 0.3 is 5.97 Å². The monoisotopic (exact) mass is 255 g/mol. The maximum atomic E-state index is 10.8. The topological polar surface area (TPSA) is 78.8 Å². The fraction of sp³-hybridized carbons (Fsp3) is 0.364. The number of hydrogen-bond donors (Lipinski definition) is 3. The van der Waals surface area contributed by atoms with Crippen molar-refractivity contribution in [3.05, 3.63) is 23.8 Å². The van der Waals surface area contributed by atoms with Gasteiger partial charge < -0.3 is 14.9 Å². The fourth-order valence-corrected chi connectivity index (χ4v) is 2.96. The number of carboxylic acids is 1. The van der Waals surface area contributed by atoms with E-state index >= 15 is 0 Å². The third-order valence-electron chi connectivity index (χ3n) is 2.61. The Balaban J connectivity index is 2.22. The number of ether oxygens (including phenoxy) is 1. The zero-order valence-corrected chi connectivity index (χ0v) is 10.0. The largest absolute Gasteiger partial charge is 0.504 e. The molecule has 0 aliphatic carbocycles. The predicted octanol–water partition coefficient (Wildman–Crippen LogP) is 1.19. The lowest BCUT2D eigenvalue weighted by Crippen LogP contribution is -2.33. The molecule has 0 unspecified atom stereocenters.